The van der Waals surface area contributed by atoms with Gasteiger partial charge in [0, 0.05) is 21.9 Å². The lowest BCUT2D eigenvalue weighted by Crippen LogP contribution is -2.18. The van der Waals surface area contributed by atoms with Crippen molar-refractivity contribution in [3.8, 4) is 0 Å². The maximum Gasteiger partial charge on any atom is 0.0925 e. The van der Waals surface area contributed by atoms with Gasteiger partial charge in [0.1, 0.15) is 0 Å². The van der Waals surface area contributed by atoms with Gasteiger partial charge in [-0.25, -0.2) is 4.98 Å². The predicted molar refractivity (Wildman–Crippen MR) is 124 cm³/mol. The van der Waals surface area contributed by atoms with E-state index in [1.54, 1.807) is 11.3 Å². The van der Waals surface area contributed by atoms with Gasteiger partial charge in [-0.3, -0.25) is 10.8 Å². The second kappa shape index (κ2) is 9.27. The maximum atomic E-state index is 8.45. The van der Waals surface area contributed by atoms with Crippen molar-refractivity contribution in [3.63, 3.8) is 0 Å². The standard InChI is InChI=1S/C25H29N3S/c1-4-22-28-21(17-29-22)25(2,3)15-9-11-18-10-8-14-20(16-18)24(27)23(26)19-12-6-5-7-13-19/h5-8,10,12-14,16-17,26-27H,4,9,11,15H2,1-3H3. The van der Waals surface area contributed by atoms with Gasteiger partial charge in [0.2, 0.25) is 0 Å². The van der Waals surface area contributed by atoms with E-state index < -0.39 is 0 Å². The summed E-state index contributed by atoms with van der Waals surface area (Å²) in [5.41, 5.74) is 4.61. The maximum absolute atomic E-state index is 8.45. The van der Waals surface area contributed by atoms with Crippen LogP contribution in [0.2, 0.25) is 0 Å². The number of hydrogen-bond acceptors (Lipinski definition) is 4. The number of hydrogen-bond donors (Lipinski definition) is 2. The average molecular weight is 404 g/mol. The van der Waals surface area contributed by atoms with Gasteiger partial charge in [-0.05, 0) is 37.3 Å². The Kier molecular flexibility index (Phi) is 6.75. The Morgan fingerprint density at radius 2 is 1.66 bits per heavy atom. The molecule has 2 aromatic carbocycles. The fraction of sp³-hybridized carbons (Fsp3) is 0.320. The second-order valence-corrected chi connectivity index (χ2v) is 8.98. The Labute approximate surface area is 177 Å². The SMILES string of the molecule is CCc1nc(C(C)(C)CCCc2cccc(C(=N)C(=N)c3ccccc3)c2)cs1. The molecule has 0 bridgehead atoms. The first kappa shape index (κ1) is 21.1. The summed E-state index contributed by atoms with van der Waals surface area (Å²) in [5, 5.41) is 20.2. The van der Waals surface area contributed by atoms with Crippen molar-refractivity contribution in [1.29, 1.82) is 10.8 Å². The monoisotopic (exact) mass is 403 g/mol. The van der Waals surface area contributed by atoms with E-state index in [-0.39, 0.29) is 16.8 Å². The quantitative estimate of drug-likeness (QED) is 0.397. The van der Waals surface area contributed by atoms with Crippen LogP contribution in [0.4, 0.5) is 0 Å². The van der Waals surface area contributed by atoms with Gasteiger partial charge in [-0.15, -0.1) is 11.3 Å². The van der Waals surface area contributed by atoms with Crippen LogP contribution in [0, 0.1) is 10.8 Å². The first-order chi connectivity index (χ1) is 13.9. The minimum Gasteiger partial charge on any atom is -0.298 e. The zero-order chi connectivity index (χ0) is 20.9. The lowest BCUT2D eigenvalue weighted by Gasteiger charge is -2.22. The normalized spacial score (nSPS) is 11.4. The zero-order valence-electron chi connectivity index (χ0n) is 17.5. The molecule has 150 valence electrons. The minimum absolute atomic E-state index is 0.0731. The van der Waals surface area contributed by atoms with Gasteiger partial charge in [0.15, 0.2) is 0 Å². The van der Waals surface area contributed by atoms with Crippen molar-refractivity contribution < 1.29 is 0 Å². The van der Waals surface area contributed by atoms with Crippen LogP contribution in [0.15, 0.2) is 60.0 Å². The Morgan fingerprint density at radius 3 is 2.34 bits per heavy atom. The zero-order valence-corrected chi connectivity index (χ0v) is 18.3. The van der Waals surface area contributed by atoms with Crippen LogP contribution < -0.4 is 0 Å². The van der Waals surface area contributed by atoms with Gasteiger partial charge in [-0.1, -0.05) is 69.3 Å². The fourth-order valence-electron chi connectivity index (χ4n) is 3.42. The third kappa shape index (κ3) is 5.27. The fourth-order valence-corrected chi connectivity index (χ4v) is 4.36. The largest absolute Gasteiger partial charge is 0.298 e. The molecular weight excluding hydrogens is 374 g/mol. The summed E-state index contributed by atoms with van der Waals surface area (Å²) in [6.07, 6.45) is 4.10. The highest BCUT2D eigenvalue weighted by Gasteiger charge is 2.23. The van der Waals surface area contributed by atoms with Gasteiger partial charge in [0.05, 0.1) is 22.1 Å². The highest BCUT2D eigenvalue weighted by atomic mass is 32.1. The molecule has 0 aliphatic carbocycles. The van der Waals surface area contributed by atoms with Crippen molar-refractivity contribution in [2.24, 2.45) is 0 Å². The smallest absolute Gasteiger partial charge is 0.0925 e. The van der Waals surface area contributed by atoms with Crippen molar-refractivity contribution >= 4 is 22.8 Å². The molecule has 0 unspecified atom stereocenters. The molecule has 0 saturated heterocycles. The van der Waals surface area contributed by atoms with Crippen molar-refractivity contribution in [2.45, 2.75) is 51.9 Å². The van der Waals surface area contributed by atoms with Crippen molar-refractivity contribution in [1.82, 2.24) is 4.98 Å². The Hall–Kier alpha value is -2.59. The molecule has 3 nitrogen and oxygen atoms in total. The van der Waals surface area contributed by atoms with E-state index in [9.17, 15) is 0 Å². The lowest BCUT2D eigenvalue weighted by atomic mass is 9.84. The second-order valence-electron chi connectivity index (χ2n) is 8.03. The highest BCUT2D eigenvalue weighted by molar-refractivity contribution is 7.09. The van der Waals surface area contributed by atoms with E-state index in [0.717, 1.165) is 36.8 Å². The van der Waals surface area contributed by atoms with Crippen LogP contribution in [0.3, 0.4) is 0 Å². The number of nitrogens with zero attached hydrogens (tertiary/aromatic N) is 1. The van der Waals surface area contributed by atoms with Crippen LogP contribution >= 0.6 is 11.3 Å². The molecule has 4 heteroatoms. The molecule has 2 N–H and O–H groups in total. The van der Waals surface area contributed by atoms with E-state index in [4.69, 9.17) is 15.8 Å². The Balaban J connectivity index is 1.62. The molecule has 0 aliphatic rings. The first-order valence-corrected chi connectivity index (χ1v) is 11.1. The molecule has 0 radical (unpaired) electrons. The number of aromatic nitrogens is 1. The molecule has 0 aliphatic heterocycles. The first-order valence-electron chi connectivity index (χ1n) is 10.2. The van der Waals surface area contributed by atoms with Gasteiger partial charge < -0.3 is 0 Å². The minimum atomic E-state index is 0.0731. The predicted octanol–water partition coefficient (Wildman–Crippen LogP) is 6.44. The molecule has 0 spiro atoms. The van der Waals surface area contributed by atoms with Crippen LogP contribution in [0.25, 0.3) is 0 Å². The molecule has 1 heterocycles. The van der Waals surface area contributed by atoms with Crippen LogP contribution in [-0.2, 0) is 18.3 Å². The molecule has 0 saturated carbocycles. The van der Waals surface area contributed by atoms with Crippen LogP contribution in [0.5, 0.6) is 0 Å². The van der Waals surface area contributed by atoms with E-state index >= 15 is 0 Å². The van der Waals surface area contributed by atoms with Crippen molar-refractivity contribution in [2.75, 3.05) is 0 Å². The molecule has 1 aromatic heterocycles. The van der Waals surface area contributed by atoms with Gasteiger partial charge in [-0.2, -0.15) is 0 Å². The Morgan fingerprint density at radius 1 is 0.966 bits per heavy atom. The summed E-state index contributed by atoms with van der Waals surface area (Å²) in [5.74, 6) is 0. The molecule has 0 atom stereocenters. The van der Waals surface area contributed by atoms with Crippen LogP contribution in [-0.4, -0.2) is 16.4 Å². The summed E-state index contributed by atoms with van der Waals surface area (Å²) in [6, 6.07) is 17.6. The molecule has 0 amide bonds. The van der Waals surface area contributed by atoms with E-state index in [1.165, 1.54) is 16.3 Å². The third-order valence-corrected chi connectivity index (χ3v) is 6.34. The summed E-state index contributed by atoms with van der Waals surface area (Å²) in [6.45, 7) is 6.70. The van der Waals surface area contributed by atoms with Crippen LogP contribution in [0.1, 0.15) is 61.0 Å². The Bertz CT molecular complexity index is 986. The molecule has 3 aromatic rings. The topological polar surface area (TPSA) is 60.6 Å². The lowest BCUT2D eigenvalue weighted by molar-refractivity contribution is 0.450. The molecule has 3 rings (SSSR count). The average Bonchev–Trinajstić information content (AvgIpc) is 3.24. The van der Waals surface area contributed by atoms with Gasteiger partial charge in [0.25, 0.3) is 0 Å². The molecule has 0 fully saturated rings. The molecular formula is C25H29N3S. The summed E-state index contributed by atoms with van der Waals surface area (Å²) in [4.78, 5) is 4.78. The van der Waals surface area contributed by atoms with E-state index in [1.807, 2.05) is 42.5 Å². The van der Waals surface area contributed by atoms with Crippen molar-refractivity contribution in [3.05, 3.63) is 87.4 Å². The number of rotatable bonds is 9. The number of aryl methyl sites for hydroxylation is 2. The third-order valence-electron chi connectivity index (χ3n) is 5.34. The van der Waals surface area contributed by atoms with E-state index in [0.29, 0.717) is 0 Å². The number of nitrogens with one attached hydrogen (secondary N) is 2. The summed E-state index contributed by atoms with van der Waals surface area (Å²) < 4.78 is 0. The summed E-state index contributed by atoms with van der Waals surface area (Å²) >= 11 is 1.76. The number of benzene rings is 2. The highest BCUT2D eigenvalue weighted by Crippen LogP contribution is 2.30. The van der Waals surface area contributed by atoms with E-state index in [2.05, 4.69) is 38.3 Å². The number of thiazole rings is 1. The van der Waals surface area contributed by atoms with Gasteiger partial charge >= 0.3 is 0 Å². The molecule has 29 heavy (non-hydrogen) atoms. The summed E-state index contributed by atoms with van der Waals surface area (Å²) in [7, 11) is 0.